The lowest BCUT2D eigenvalue weighted by Gasteiger charge is -2.53. The molecule has 2 aliphatic rings. The third-order valence-electron chi connectivity index (χ3n) is 8.50. The van der Waals surface area contributed by atoms with Gasteiger partial charge in [-0.05, 0) is 64.8 Å². The standard InChI is InChI=1S/C30H46FN7O3.ClH/c1-8-38(21(4)5)29(39)24-13-22(31)9-10-26(24)41-28-27(33-19-34-35-28)36-12-11-30(16-36)17-37(18-30)25(20(2)3)14-23(40-7)15-32-6;/h9-10,13,19-21,23,25,32H,8,11-12,14-18H2,1-7H3;1H. The molecule has 2 atom stereocenters. The number of likely N-dealkylation sites (N-methyl/N-ethyl adjacent to an activating group) is 1. The van der Waals surface area contributed by atoms with Gasteiger partial charge in [0, 0.05) is 63.9 Å². The summed E-state index contributed by atoms with van der Waals surface area (Å²) in [4.78, 5) is 24.3. The number of benzene rings is 1. The molecule has 0 aliphatic carbocycles. The lowest BCUT2D eigenvalue weighted by molar-refractivity contribution is -0.0500. The SMILES string of the molecule is CCN(C(=O)c1cc(F)ccc1Oc1nncnc1N1CCC2(C1)CN(C(CC(CNC)OC)C(C)C)C2)C(C)C.Cl. The predicted molar refractivity (Wildman–Crippen MR) is 164 cm³/mol. The van der Waals surface area contributed by atoms with E-state index in [2.05, 4.69) is 44.1 Å². The van der Waals surface area contributed by atoms with Gasteiger partial charge in [-0.3, -0.25) is 9.69 Å². The maximum absolute atomic E-state index is 14.2. The smallest absolute Gasteiger partial charge is 0.282 e. The molecule has 0 saturated carbocycles. The van der Waals surface area contributed by atoms with E-state index in [1.165, 1.54) is 24.5 Å². The molecule has 12 heteroatoms. The van der Waals surface area contributed by atoms with Crippen LogP contribution in [0.4, 0.5) is 10.2 Å². The molecular formula is C30H47ClFN7O3. The van der Waals surface area contributed by atoms with E-state index >= 15 is 0 Å². The maximum atomic E-state index is 14.2. The van der Waals surface area contributed by atoms with Gasteiger partial charge in [0.1, 0.15) is 17.9 Å². The summed E-state index contributed by atoms with van der Waals surface area (Å²) in [6.45, 7) is 15.4. The van der Waals surface area contributed by atoms with Gasteiger partial charge in [-0.15, -0.1) is 22.6 Å². The monoisotopic (exact) mass is 607 g/mol. The van der Waals surface area contributed by atoms with Crippen molar-refractivity contribution in [3.63, 3.8) is 0 Å². The lowest BCUT2D eigenvalue weighted by atomic mass is 9.76. The minimum atomic E-state index is -0.503. The van der Waals surface area contributed by atoms with E-state index in [0.29, 0.717) is 24.3 Å². The fourth-order valence-corrected chi connectivity index (χ4v) is 6.33. The molecule has 1 aromatic carbocycles. The molecule has 234 valence electrons. The van der Waals surface area contributed by atoms with Crippen LogP contribution in [0.3, 0.4) is 0 Å². The topological polar surface area (TPSA) is 96.0 Å². The average molecular weight is 608 g/mol. The highest BCUT2D eigenvalue weighted by molar-refractivity contribution is 5.97. The highest BCUT2D eigenvalue weighted by Crippen LogP contribution is 2.44. The van der Waals surface area contributed by atoms with Crippen LogP contribution < -0.4 is 15.0 Å². The molecule has 2 aromatic rings. The Morgan fingerprint density at radius 1 is 1.21 bits per heavy atom. The van der Waals surface area contributed by atoms with Gasteiger partial charge in [-0.25, -0.2) is 9.37 Å². The molecule has 1 amide bonds. The normalized spacial score (nSPS) is 17.7. The van der Waals surface area contributed by atoms with Crippen LogP contribution in [0.15, 0.2) is 24.5 Å². The minimum Gasteiger partial charge on any atom is -0.434 e. The number of rotatable bonds is 13. The number of amides is 1. The molecule has 1 N–H and O–H groups in total. The number of carbonyl (C=O) groups excluding carboxylic acids is 1. The van der Waals surface area contributed by atoms with E-state index < -0.39 is 5.82 Å². The van der Waals surface area contributed by atoms with Crippen LogP contribution in [0.2, 0.25) is 0 Å². The van der Waals surface area contributed by atoms with Gasteiger partial charge in [0.2, 0.25) is 0 Å². The molecule has 10 nitrogen and oxygen atoms in total. The van der Waals surface area contributed by atoms with Crippen LogP contribution in [-0.2, 0) is 4.74 Å². The quantitative estimate of drug-likeness (QED) is 0.358. The van der Waals surface area contributed by atoms with E-state index in [4.69, 9.17) is 9.47 Å². The second-order valence-corrected chi connectivity index (χ2v) is 12.1. The Hall–Kier alpha value is -2.60. The first-order valence-electron chi connectivity index (χ1n) is 14.7. The van der Waals surface area contributed by atoms with Crippen LogP contribution in [-0.4, -0.2) is 103 Å². The number of hydrogen-bond donors (Lipinski definition) is 1. The van der Waals surface area contributed by atoms with Crippen LogP contribution >= 0.6 is 12.4 Å². The number of nitrogens with zero attached hydrogens (tertiary/aromatic N) is 6. The van der Waals surface area contributed by atoms with Crippen LogP contribution in [0.5, 0.6) is 11.6 Å². The minimum absolute atomic E-state index is 0. The van der Waals surface area contributed by atoms with E-state index in [1.807, 2.05) is 27.8 Å². The highest BCUT2D eigenvalue weighted by atomic mass is 35.5. The van der Waals surface area contributed by atoms with Gasteiger partial charge in [0.25, 0.3) is 11.8 Å². The van der Waals surface area contributed by atoms with Crippen LogP contribution in [0.1, 0.15) is 57.8 Å². The molecule has 0 bridgehead atoms. The molecule has 3 heterocycles. The Balaban J connectivity index is 0.00000484. The van der Waals surface area contributed by atoms with E-state index in [0.717, 1.165) is 45.6 Å². The summed E-state index contributed by atoms with van der Waals surface area (Å²) in [7, 11) is 3.75. The number of nitrogens with one attached hydrogen (secondary N) is 1. The van der Waals surface area contributed by atoms with Crippen molar-refractivity contribution in [3.05, 3.63) is 35.9 Å². The Bertz CT molecular complexity index is 1180. The van der Waals surface area contributed by atoms with Gasteiger partial charge in [-0.1, -0.05) is 13.8 Å². The molecule has 0 radical (unpaired) electrons. The van der Waals surface area contributed by atoms with Crippen molar-refractivity contribution in [2.24, 2.45) is 11.3 Å². The number of aromatic nitrogens is 3. The molecule has 2 aliphatic heterocycles. The Morgan fingerprint density at radius 2 is 1.95 bits per heavy atom. The second kappa shape index (κ2) is 14.7. The first-order chi connectivity index (χ1) is 19.6. The number of hydrogen-bond acceptors (Lipinski definition) is 9. The molecule has 4 rings (SSSR count). The van der Waals surface area contributed by atoms with Gasteiger partial charge in [0.15, 0.2) is 5.82 Å². The zero-order valence-corrected chi connectivity index (χ0v) is 26.8. The van der Waals surface area contributed by atoms with Crippen molar-refractivity contribution in [2.45, 2.75) is 65.6 Å². The molecule has 2 saturated heterocycles. The number of methoxy groups -OCH3 is 1. The van der Waals surface area contributed by atoms with Crippen LogP contribution in [0, 0.1) is 17.2 Å². The summed E-state index contributed by atoms with van der Waals surface area (Å²) in [6.07, 6.45) is 3.63. The Kier molecular flexibility index (Phi) is 11.9. The number of ether oxygens (including phenoxy) is 2. The maximum Gasteiger partial charge on any atom is 0.282 e. The molecule has 42 heavy (non-hydrogen) atoms. The summed E-state index contributed by atoms with van der Waals surface area (Å²) in [5.41, 5.74) is 0.327. The number of likely N-dealkylation sites (tertiary alicyclic amines) is 1. The van der Waals surface area contributed by atoms with Crippen molar-refractivity contribution >= 4 is 24.1 Å². The molecule has 1 aromatic heterocycles. The largest absolute Gasteiger partial charge is 0.434 e. The number of carbonyl (C=O) groups is 1. The number of anilines is 1. The van der Waals surface area contributed by atoms with Gasteiger partial charge in [-0.2, -0.15) is 0 Å². The van der Waals surface area contributed by atoms with Crippen molar-refractivity contribution in [1.82, 2.24) is 30.3 Å². The summed E-state index contributed by atoms with van der Waals surface area (Å²) < 4.78 is 26.1. The Morgan fingerprint density at radius 3 is 2.57 bits per heavy atom. The molecule has 2 unspecified atom stereocenters. The third kappa shape index (κ3) is 7.48. The van der Waals surface area contributed by atoms with E-state index in [-0.39, 0.29) is 53.1 Å². The first kappa shape index (κ1) is 33.9. The Labute approximate surface area is 255 Å². The van der Waals surface area contributed by atoms with Gasteiger partial charge < -0.3 is 24.6 Å². The van der Waals surface area contributed by atoms with E-state index in [9.17, 15) is 9.18 Å². The zero-order chi connectivity index (χ0) is 29.7. The fraction of sp³-hybridized carbons (Fsp3) is 0.667. The van der Waals surface area contributed by atoms with E-state index in [1.54, 1.807) is 12.0 Å². The van der Waals surface area contributed by atoms with Crippen molar-refractivity contribution in [3.8, 4) is 11.6 Å². The zero-order valence-electron chi connectivity index (χ0n) is 26.0. The fourth-order valence-electron chi connectivity index (χ4n) is 6.33. The highest BCUT2D eigenvalue weighted by Gasteiger charge is 2.50. The molecular weight excluding hydrogens is 561 g/mol. The third-order valence-corrected chi connectivity index (χ3v) is 8.50. The van der Waals surface area contributed by atoms with Crippen molar-refractivity contribution in [2.75, 3.05) is 58.3 Å². The first-order valence-corrected chi connectivity index (χ1v) is 14.7. The van der Waals surface area contributed by atoms with Crippen LogP contribution in [0.25, 0.3) is 0 Å². The average Bonchev–Trinajstić information content (AvgIpc) is 3.37. The second-order valence-electron chi connectivity index (χ2n) is 12.1. The summed E-state index contributed by atoms with van der Waals surface area (Å²) in [6, 6.07) is 4.38. The summed E-state index contributed by atoms with van der Waals surface area (Å²) in [5.74, 6) is 0.757. The van der Waals surface area contributed by atoms with Crippen molar-refractivity contribution in [1.29, 1.82) is 0 Å². The predicted octanol–water partition coefficient (Wildman–Crippen LogP) is 4.26. The number of halogens is 2. The molecule has 1 spiro atoms. The lowest BCUT2D eigenvalue weighted by Crippen LogP contribution is -2.62. The van der Waals surface area contributed by atoms with Crippen molar-refractivity contribution < 1.29 is 18.7 Å². The van der Waals surface area contributed by atoms with Gasteiger partial charge >= 0.3 is 0 Å². The van der Waals surface area contributed by atoms with Gasteiger partial charge in [0.05, 0.1) is 11.7 Å². The summed E-state index contributed by atoms with van der Waals surface area (Å²) in [5, 5.41) is 11.4. The summed E-state index contributed by atoms with van der Waals surface area (Å²) >= 11 is 0. The molecule has 2 fully saturated rings.